The molecular weight excluding hydrogens is 334 g/mol. The fourth-order valence-electron chi connectivity index (χ4n) is 1.93. The predicted octanol–water partition coefficient (Wildman–Crippen LogP) is 2.73. The van der Waals surface area contributed by atoms with Crippen LogP contribution in [-0.2, 0) is 20.9 Å². The molecule has 3 amide bonds. The summed E-state index contributed by atoms with van der Waals surface area (Å²) in [5, 5.41) is 7.85. The minimum absolute atomic E-state index is 0.166. The van der Waals surface area contributed by atoms with Crippen molar-refractivity contribution in [2.45, 2.75) is 46.8 Å². The molecule has 3 N–H and O–H groups in total. The summed E-state index contributed by atoms with van der Waals surface area (Å²) in [5.41, 5.74) is 1.72. The van der Waals surface area contributed by atoms with Gasteiger partial charge in [0.2, 0.25) is 11.8 Å². The van der Waals surface area contributed by atoms with E-state index in [-0.39, 0.29) is 18.4 Å². The van der Waals surface area contributed by atoms with Crippen molar-refractivity contribution in [3.8, 4) is 0 Å². The number of anilines is 1. The molecule has 0 aliphatic carbocycles. The second-order valence-corrected chi connectivity index (χ2v) is 7.04. The first-order valence-electron chi connectivity index (χ1n) is 8.33. The summed E-state index contributed by atoms with van der Waals surface area (Å²) in [4.78, 5) is 35.1. The number of amides is 3. The van der Waals surface area contributed by atoms with Crippen molar-refractivity contribution in [1.29, 1.82) is 0 Å². The average Bonchev–Trinajstić information content (AvgIpc) is 2.49. The van der Waals surface area contributed by atoms with Crippen LogP contribution in [0.15, 0.2) is 35.9 Å². The molecule has 0 unspecified atom stereocenters. The van der Waals surface area contributed by atoms with E-state index in [1.165, 1.54) is 6.08 Å². The van der Waals surface area contributed by atoms with Gasteiger partial charge in [-0.05, 0) is 52.3 Å². The summed E-state index contributed by atoms with van der Waals surface area (Å²) in [6, 6.07) is 7.11. The Balaban J connectivity index is 2.50. The van der Waals surface area contributed by atoms with Crippen LogP contribution >= 0.6 is 0 Å². The van der Waals surface area contributed by atoms with Crippen LogP contribution in [0.3, 0.4) is 0 Å². The number of carbonyl (C=O) groups is 3. The molecule has 7 heteroatoms. The maximum atomic E-state index is 11.9. The first kappa shape index (κ1) is 21.2. The molecule has 0 saturated heterocycles. The maximum absolute atomic E-state index is 11.9. The Hall–Kier alpha value is -2.83. The van der Waals surface area contributed by atoms with E-state index in [0.29, 0.717) is 12.2 Å². The van der Waals surface area contributed by atoms with E-state index in [2.05, 4.69) is 16.0 Å². The van der Waals surface area contributed by atoms with Crippen molar-refractivity contribution in [1.82, 2.24) is 10.6 Å². The van der Waals surface area contributed by atoms with Crippen molar-refractivity contribution in [3.63, 3.8) is 0 Å². The van der Waals surface area contributed by atoms with Crippen molar-refractivity contribution in [3.05, 3.63) is 41.5 Å². The zero-order chi connectivity index (χ0) is 19.7. The van der Waals surface area contributed by atoms with E-state index in [1.807, 2.05) is 19.9 Å². The summed E-state index contributed by atoms with van der Waals surface area (Å²) in [6.45, 7) is 9.08. The van der Waals surface area contributed by atoms with Gasteiger partial charge in [-0.1, -0.05) is 17.7 Å². The highest BCUT2D eigenvalue weighted by atomic mass is 16.6. The van der Waals surface area contributed by atoms with Gasteiger partial charge in [-0.15, -0.1) is 0 Å². The van der Waals surface area contributed by atoms with Gasteiger partial charge < -0.3 is 20.7 Å². The molecule has 0 bridgehead atoms. The molecule has 1 aromatic carbocycles. The molecule has 1 rings (SSSR count). The molecule has 0 fully saturated rings. The minimum Gasteiger partial charge on any atom is -0.444 e. The smallest absolute Gasteiger partial charge is 0.408 e. The average molecular weight is 361 g/mol. The van der Waals surface area contributed by atoms with Crippen LogP contribution in [0.2, 0.25) is 0 Å². The van der Waals surface area contributed by atoms with E-state index < -0.39 is 11.7 Å². The molecule has 0 saturated carbocycles. The number of alkyl carbamates (subject to hydrolysis) is 1. The van der Waals surface area contributed by atoms with Gasteiger partial charge in [0.25, 0.3) is 0 Å². The number of benzene rings is 1. The monoisotopic (exact) mass is 361 g/mol. The van der Waals surface area contributed by atoms with E-state index >= 15 is 0 Å². The topological polar surface area (TPSA) is 96.5 Å². The summed E-state index contributed by atoms with van der Waals surface area (Å²) < 4.78 is 5.06. The van der Waals surface area contributed by atoms with Crippen molar-refractivity contribution in [2.24, 2.45) is 0 Å². The first-order valence-corrected chi connectivity index (χ1v) is 8.33. The van der Waals surface area contributed by atoms with Crippen LogP contribution in [0, 0.1) is 0 Å². The Bertz CT molecular complexity index is 686. The van der Waals surface area contributed by atoms with Crippen LogP contribution in [0.4, 0.5) is 10.5 Å². The molecular formula is C19H27N3O4. The van der Waals surface area contributed by atoms with Crippen molar-refractivity contribution in [2.75, 3.05) is 11.9 Å². The third-order valence-electron chi connectivity index (χ3n) is 2.89. The lowest BCUT2D eigenvalue weighted by Crippen LogP contribution is -2.37. The molecule has 0 aromatic heterocycles. The lowest BCUT2D eigenvalue weighted by Gasteiger charge is -2.19. The second-order valence-electron chi connectivity index (χ2n) is 7.04. The molecule has 1 aromatic rings. The Morgan fingerprint density at radius 1 is 1.12 bits per heavy atom. The summed E-state index contributed by atoms with van der Waals surface area (Å²) in [6.07, 6.45) is 0.872. The number of allylic oxidation sites excluding steroid dienone is 1. The van der Waals surface area contributed by atoms with Crippen LogP contribution in [0.5, 0.6) is 0 Å². The fourth-order valence-corrected chi connectivity index (χ4v) is 1.93. The zero-order valence-electron chi connectivity index (χ0n) is 15.9. The summed E-state index contributed by atoms with van der Waals surface area (Å²) in [7, 11) is 0. The molecule has 0 spiro atoms. The number of ether oxygens (including phenoxy) is 1. The number of hydrogen-bond acceptors (Lipinski definition) is 4. The molecule has 0 heterocycles. The Morgan fingerprint density at radius 2 is 1.81 bits per heavy atom. The lowest BCUT2D eigenvalue weighted by molar-refractivity contribution is -0.117. The minimum atomic E-state index is -0.650. The van der Waals surface area contributed by atoms with Gasteiger partial charge >= 0.3 is 6.09 Å². The molecule has 142 valence electrons. The standard InChI is InChI=1S/C19H27N3O4/c1-13(2)9-16(23)20-11-14-7-6-8-15(10-14)22-17(24)12-21-18(25)26-19(3,4)5/h6-10H,11-12H2,1-5H3,(H,20,23)(H,21,25)(H,22,24). The Labute approximate surface area is 154 Å². The van der Waals surface area contributed by atoms with Gasteiger partial charge in [-0.25, -0.2) is 4.79 Å². The van der Waals surface area contributed by atoms with E-state index in [9.17, 15) is 14.4 Å². The SMILES string of the molecule is CC(C)=CC(=O)NCc1cccc(NC(=O)CNC(=O)OC(C)(C)C)c1. The normalized spacial score (nSPS) is 10.5. The van der Waals surface area contributed by atoms with Crippen molar-refractivity contribution >= 4 is 23.6 Å². The molecule has 7 nitrogen and oxygen atoms in total. The van der Waals surface area contributed by atoms with Gasteiger partial charge in [-0.3, -0.25) is 9.59 Å². The van der Waals surface area contributed by atoms with E-state index in [1.54, 1.807) is 39.0 Å². The highest BCUT2D eigenvalue weighted by Gasteiger charge is 2.16. The van der Waals surface area contributed by atoms with Gasteiger partial charge in [0.1, 0.15) is 12.1 Å². The first-order chi connectivity index (χ1) is 12.0. The van der Waals surface area contributed by atoms with Gasteiger partial charge in [-0.2, -0.15) is 0 Å². The maximum Gasteiger partial charge on any atom is 0.408 e. The summed E-state index contributed by atoms with van der Waals surface area (Å²) in [5.74, 6) is -0.539. The second kappa shape index (κ2) is 9.60. The number of hydrogen-bond donors (Lipinski definition) is 3. The number of nitrogens with one attached hydrogen (secondary N) is 3. The molecule has 0 aliphatic rings. The highest BCUT2D eigenvalue weighted by Crippen LogP contribution is 2.10. The zero-order valence-corrected chi connectivity index (χ0v) is 15.9. The fraction of sp³-hybridized carbons (Fsp3) is 0.421. The van der Waals surface area contributed by atoms with Gasteiger partial charge in [0.05, 0.1) is 0 Å². The largest absolute Gasteiger partial charge is 0.444 e. The quantitative estimate of drug-likeness (QED) is 0.679. The van der Waals surface area contributed by atoms with Crippen LogP contribution < -0.4 is 16.0 Å². The molecule has 26 heavy (non-hydrogen) atoms. The molecule has 0 atom stereocenters. The van der Waals surface area contributed by atoms with Gasteiger partial charge in [0, 0.05) is 18.3 Å². The third kappa shape index (κ3) is 9.46. The lowest BCUT2D eigenvalue weighted by atomic mass is 10.2. The van der Waals surface area contributed by atoms with Crippen LogP contribution in [-0.4, -0.2) is 30.1 Å². The van der Waals surface area contributed by atoms with Crippen molar-refractivity contribution < 1.29 is 19.1 Å². The van der Waals surface area contributed by atoms with E-state index in [0.717, 1.165) is 11.1 Å². The van der Waals surface area contributed by atoms with E-state index in [4.69, 9.17) is 4.74 Å². The highest BCUT2D eigenvalue weighted by molar-refractivity contribution is 5.94. The molecule has 0 radical (unpaired) electrons. The number of rotatable bonds is 6. The Kier molecular flexibility index (Phi) is 7.83. The summed E-state index contributed by atoms with van der Waals surface area (Å²) >= 11 is 0. The number of carbonyl (C=O) groups excluding carboxylic acids is 3. The van der Waals surface area contributed by atoms with Gasteiger partial charge in [0.15, 0.2) is 0 Å². The third-order valence-corrected chi connectivity index (χ3v) is 2.89. The predicted molar refractivity (Wildman–Crippen MR) is 101 cm³/mol. The molecule has 0 aliphatic heterocycles. The van der Waals surface area contributed by atoms with Crippen LogP contribution in [0.25, 0.3) is 0 Å². The Morgan fingerprint density at radius 3 is 2.42 bits per heavy atom. The van der Waals surface area contributed by atoms with Crippen LogP contribution in [0.1, 0.15) is 40.2 Å².